The molecule has 0 bridgehead atoms. The Bertz CT molecular complexity index is 398. The van der Waals surface area contributed by atoms with E-state index in [0.717, 1.165) is 5.56 Å². The predicted molar refractivity (Wildman–Crippen MR) is 67.1 cm³/mol. The van der Waals surface area contributed by atoms with E-state index in [0.29, 0.717) is 19.0 Å². The minimum atomic E-state index is -3.19. The van der Waals surface area contributed by atoms with Crippen molar-refractivity contribution in [3.05, 3.63) is 24.2 Å². The van der Waals surface area contributed by atoms with Crippen molar-refractivity contribution in [2.75, 3.05) is 12.3 Å². The van der Waals surface area contributed by atoms with Gasteiger partial charge < -0.3 is 9.73 Å². The first kappa shape index (κ1) is 14.2. The standard InChI is InChI=1S/C11H20N2O3S/c1-10(2)12-5-3-7-17(14,15)13-8-11-4-6-16-9-11/h4,6,9-10,12-13H,3,5,7-8H2,1-2H3. The number of rotatable bonds is 8. The van der Waals surface area contributed by atoms with Crippen LogP contribution in [0.25, 0.3) is 0 Å². The molecule has 17 heavy (non-hydrogen) atoms. The zero-order valence-corrected chi connectivity index (χ0v) is 11.1. The van der Waals surface area contributed by atoms with Crippen molar-refractivity contribution in [2.45, 2.75) is 32.9 Å². The Kier molecular flexibility index (Phi) is 5.67. The first-order valence-electron chi connectivity index (χ1n) is 5.71. The van der Waals surface area contributed by atoms with Crippen LogP contribution < -0.4 is 10.0 Å². The molecular formula is C11H20N2O3S. The summed E-state index contributed by atoms with van der Waals surface area (Å²) in [6.07, 6.45) is 3.66. The first-order chi connectivity index (χ1) is 7.99. The summed E-state index contributed by atoms with van der Waals surface area (Å²) in [4.78, 5) is 0. The smallest absolute Gasteiger partial charge is 0.211 e. The zero-order chi connectivity index (χ0) is 12.7. The molecule has 1 heterocycles. The predicted octanol–water partition coefficient (Wildman–Crippen LogP) is 1.09. The molecule has 1 rings (SSSR count). The highest BCUT2D eigenvalue weighted by molar-refractivity contribution is 7.89. The van der Waals surface area contributed by atoms with Crippen LogP contribution in [0.5, 0.6) is 0 Å². The summed E-state index contributed by atoms with van der Waals surface area (Å²) in [5.74, 6) is 0.143. The van der Waals surface area contributed by atoms with Crippen LogP contribution in [0.15, 0.2) is 23.0 Å². The highest BCUT2D eigenvalue weighted by Crippen LogP contribution is 2.00. The summed E-state index contributed by atoms with van der Waals surface area (Å²) in [5.41, 5.74) is 0.828. The van der Waals surface area contributed by atoms with E-state index in [1.807, 2.05) is 13.8 Å². The molecule has 0 saturated heterocycles. The van der Waals surface area contributed by atoms with Crippen molar-refractivity contribution in [3.63, 3.8) is 0 Å². The van der Waals surface area contributed by atoms with Gasteiger partial charge in [0, 0.05) is 18.2 Å². The van der Waals surface area contributed by atoms with E-state index in [1.54, 1.807) is 6.07 Å². The summed E-state index contributed by atoms with van der Waals surface area (Å²) < 4.78 is 30.6. The molecule has 0 atom stereocenters. The number of sulfonamides is 1. The Balaban J connectivity index is 2.22. The lowest BCUT2D eigenvalue weighted by molar-refractivity contribution is 0.556. The van der Waals surface area contributed by atoms with Crippen molar-refractivity contribution >= 4 is 10.0 Å². The Hall–Kier alpha value is -0.850. The van der Waals surface area contributed by atoms with Gasteiger partial charge in [-0.3, -0.25) is 0 Å². The van der Waals surface area contributed by atoms with E-state index in [4.69, 9.17) is 4.42 Å². The van der Waals surface area contributed by atoms with Gasteiger partial charge in [0.05, 0.1) is 18.3 Å². The third-order valence-electron chi connectivity index (χ3n) is 2.22. The van der Waals surface area contributed by atoms with E-state index in [2.05, 4.69) is 10.0 Å². The monoisotopic (exact) mass is 260 g/mol. The quantitative estimate of drug-likeness (QED) is 0.686. The summed E-state index contributed by atoms with van der Waals surface area (Å²) in [6, 6.07) is 2.12. The average Bonchev–Trinajstić information content (AvgIpc) is 2.74. The number of hydrogen-bond acceptors (Lipinski definition) is 4. The lowest BCUT2D eigenvalue weighted by Gasteiger charge is -2.08. The van der Waals surface area contributed by atoms with Crippen LogP contribution in [-0.4, -0.2) is 26.8 Å². The maximum Gasteiger partial charge on any atom is 0.211 e. The molecule has 6 heteroatoms. The highest BCUT2D eigenvalue weighted by atomic mass is 32.2. The highest BCUT2D eigenvalue weighted by Gasteiger charge is 2.09. The average molecular weight is 260 g/mol. The van der Waals surface area contributed by atoms with Gasteiger partial charge in [-0.2, -0.15) is 0 Å². The van der Waals surface area contributed by atoms with Crippen LogP contribution >= 0.6 is 0 Å². The number of nitrogens with one attached hydrogen (secondary N) is 2. The maximum atomic E-state index is 11.6. The molecule has 0 radical (unpaired) electrons. The van der Waals surface area contributed by atoms with E-state index in [-0.39, 0.29) is 12.3 Å². The van der Waals surface area contributed by atoms with Gasteiger partial charge >= 0.3 is 0 Å². The van der Waals surface area contributed by atoms with Gasteiger partial charge in [-0.05, 0) is 19.0 Å². The van der Waals surface area contributed by atoms with Crippen LogP contribution in [0.1, 0.15) is 25.8 Å². The number of hydrogen-bond donors (Lipinski definition) is 2. The molecule has 0 spiro atoms. The Morgan fingerprint density at radius 3 is 2.76 bits per heavy atom. The molecule has 2 N–H and O–H groups in total. The summed E-state index contributed by atoms with van der Waals surface area (Å²) >= 11 is 0. The van der Waals surface area contributed by atoms with Crippen molar-refractivity contribution in [2.24, 2.45) is 0 Å². The largest absolute Gasteiger partial charge is 0.472 e. The van der Waals surface area contributed by atoms with Crippen molar-refractivity contribution < 1.29 is 12.8 Å². The van der Waals surface area contributed by atoms with Gasteiger partial charge in [0.25, 0.3) is 0 Å². The van der Waals surface area contributed by atoms with Crippen LogP contribution in [0, 0.1) is 0 Å². The fraction of sp³-hybridized carbons (Fsp3) is 0.636. The van der Waals surface area contributed by atoms with Crippen molar-refractivity contribution in [1.29, 1.82) is 0 Å². The van der Waals surface area contributed by atoms with E-state index < -0.39 is 10.0 Å². The second-order valence-corrected chi connectivity index (χ2v) is 6.16. The molecule has 98 valence electrons. The molecule has 0 aliphatic carbocycles. The third kappa shape index (κ3) is 6.45. The first-order valence-corrected chi connectivity index (χ1v) is 7.36. The molecule has 0 aliphatic heterocycles. The van der Waals surface area contributed by atoms with Gasteiger partial charge in [-0.1, -0.05) is 13.8 Å². The van der Waals surface area contributed by atoms with E-state index in [1.165, 1.54) is 12.5 Å². The fourth-order valence-electron chi connectivity index (χ4n) is 1.31. The maximum absolute atomic E-state index is 11.6. The second kappa shape index (κ2) is 6.78. The minimum absolute atomic E-state index is 0.143. The molecule has 0 aliphatic rings. The summed E-state index contributed by atoms with van der Waals surface area (Å²) in [5, 5.41) is 3.18. The van der Waals surface area contributed by atoms with Gasteiger partial charge in [0.15, 0.2) is 0 Å². The lowest BCUT2D eigenvalue weighted by atomic mass is 10.4. The Morgan fingerprint density at radius 1 is 1.41 bits per heavy atom. The van der Waals surface area contributed by atoms with Crippen LogP contribution in [0.4, 0.5) is 0 Å². The SMILES string of the molecule is CC(C)NCCCS(=O)(=O)NCc1ccoc1. The lowest BCUT2D eigenvalue weighted by Crippen LogP contribution is -2.29. The van der Waals surface area contributed by atoms with E-state index in [9.17, 15) is 8.42 Å². The molecule has 1 aromatic rings. The molecule has 0 saturated carbocycles. The fourth-order valence-corrected chi connectivity index (χ4v) is 2.37. The molecular weight excluding hydrogens is 240 g/mol. The molecule has 0 amide bonds. The minimum Gasteiger partial charge on any atom is -0.472 e. The van der Waals surface area contributed by atoms with Crippen LogP contribution in [0.3, 0.4) is 0 Å². The molecule has 0 aromatic carbocycles. The van der Waals surface area contributed by atoms with Crippen LogP contribution in [0.2, 0.25) is 0 Å². The number of furan rings is 1. The second-order valence-electron chi connectivity index (χ2n) is 4.23. The van der Waals surface area contributed by atoms with E-state index >= 15 is 0 Å². The van der Waals surface area contributed by atoms with Gasteiger partial charge in [-0.15, -0.1) is 0 Å². The van der Waals surface area contributed by atoms with Crippen LogP contribution in [-0.2, 0) is 16.6 Å². The van der Waals surface area contributed by atoms with Crippen molar-refractivity contribution in [3.8, 4) is 0 Å². The molecule has 0 unspecified atom stereocenters. The third-order valence-corrected chi connectivity index (χ3v) is 3.63. The van der Waals surface area contributed by atoms with Gasteiger partial charge in [0.1, 0.15) is 0 Å². The zero-order valence-electron chi connectivity index (χ0n) is 10.3. The molecule has 0 fully saturated rings. The topological polar surface area (TPSA) is 71.3 Å². The van der Waals surface area contributed by atoms with Gasteiger partial charge in [-0.25, -0.2) is 13.1 Å². The Labute approximate surface area is 103 Å². The van der Waals surface area contributed by atoms with Crippen molar-refractivity contribution in [1.82, 2.24) is 10.0 Å². The molecule has 5 nitrogen and oxygen atoms in total. The summed E-state index contributed by atoms with van der Waals surface area (Å²) in [6.45, 7) is 5.07. The van der Waals surface area contributed by atoms with Gasteiger partial charge in [0.2, 0.25) is 10.0 Å². The molecule has 1 aromatic heterocycles. The normalized spacial score (nSPS) is 12.2. The summed E-state index contributed by atoms with van der Waals surface area (Å²) in [7, 11) is -3.19. The Morgan fingerprint density at radius 2 is 2.18 bits per heavy atom.